The quantitative estimate of drug-likeness (QED) is 0.598. The molecule has 2 fully saturated rings. The number of allylic oxidation sites excluding steroid dienone is 1. The normalized spacial score (nSPS) is 47.7. The molecule has 11 heavy (non-hydrogen) atoms. The zero-order valence-corrected chi connectivity index (χ0v) is 7.39. The van der Waals surface area contributed by atoms with Gasteiger partial charge >= 0.3 is 0 Å². The predicted molar refractivity (Wildman–Crippen MR) is 45.2 cm³/mol. The summed E-state index contributed by atoms with van der Waals surface area (Å²) in [6.45, 7) is 4.65. The Morgan fingerprint density at radius 3 is 2.09 bits per heavy atom. The van der Waals surface area contributed by atoms with E-state index in [4.69, 9.17) is 0 Å². The van der Waals surface area contributed by atoms with Gasteiger partial charge in [-0.2, -0.15) is 0 Å². The van der Waals surface area contributed by atoms with Gasteiger partial charge in [-0.1, -0.05) is 18.1 Å². The topological polar surface area (TPSA) is 12.0 Å². The van der Waals surface area contributed by atoms with Crippen LogP contribution in [0.15, 0.2) is 11.1 Å². The fraction of sp³-hybridized carbons (Fsp3) is 0.800. The zero-order chi connectivity index (χ0) is 7.75. The summed E-state index contributed by atoms with van der Waals surface area (Å²) in [5.41, 5.74) is 3.67. The van der Waals surface area contributed by atoms with Crippen molar-refractivity contribution in [3.05, 3.63) is 11.1 Å². The molecule has 4 rings (SSSR count). The molecule has 0 spiro atoms. The zero-order valence-electron chi connectivity index (χ0n) is 7.39. The van der Waals surface area contributed by atoms with Crippen molar-refractivity contribution in [2.75, 3.05) is 7.05 Å². The molecule has 0 amide bonds. The molecule has 4 aliphatic carbocycles. The molecule has 0 heterocycles. The molecular formula is C10H15N. The third-order valence-electron chi connectivity index (χ3n) is 4.02. The van der Waals surface area contributed by atoms with Gasteiger partial charge in [0, 0.05) is 6.04 Å². The predicted octanol–water partition coefficient (Wildman–Crippen LogP) is 1.42. The molecule has 4 aliphatic rings. The van der Waals surface area contributed by atoms with Crippen molar-refractivity contribution in [3.63, 3.8) is 0 Å². The Balaban J connectivity index is 1.75. The minimum absolute atomic E-state index is 0.669. The third-order valence-corrected chi connectivity index (χ3v) is 4.02. The van der Waals surface area contributed by atoms with Crippen LogP contribution in [0.3, 0.4) is 0 Å². The molecule has 2 saturated carbocycles. The van der Waals surface area contributed by atoms with E-state index in [-0.39, 0.29) is 0 Å². The highest BCUT2D eigenvalue weighted by atomic mass is 14.9. The Bertz CT molecular complexity index is 242. The van der Waals surface area contributed by atoms with Crippen LogP contribution in [-0.4, -0.2) is 13.1 Å². The number of rotatable bonds is 3. The van der Waals surface area contributed by atoms with Gasteiger partial charge in [0.25, 0.3) is 0 Å². The van der Waals surface area contributed by atoms with Gasteiger partial charge in [0.1, 0.15) is 0 Å². The molecule has 0 aromatic carbocycles. The van der Waals surface area contributed by atoms with E-state index in [0.29, 0.717) is 6.04 Å². The maximum atomic E-state index is 3.33. The molecule has 0 radical (unpaired) electrons. The molecule has 4 unspecified atom stereocenters. The SMILES string of the molecule is CNC(C)C(C)C1=C2C3C1C23. The average molecular weight is 149 g/mol. The molecule has 4 atom stereocenters. The highest BCUT2D eigenvalue weighted by Crippen LogP contribution is 2.87. The van der Waals surface area contributed by atoms with Crippen LogP contribution < -0.4 is 5.32 Å². The lowest BCUT2D eigenvalue weighted by atomic mass is 9.75. The fourth-order valence-electron chi connectivity index (χ4n) is 2.74. The standard InChI is InChI=1S/C10H15N/c1-4(5(2)11-3)6-7-9-8(6)10(7)9/h4-5,7,9-11H,1-3H3. The van der Waals surface area contributed by atoms with Crippen LogP contribution >= 0.6 is 0 Å². The summed E-state index contributed by atoms with van der Waals surface area (Å²) in [6, 6.07) is 0.669. The number of hydrogen-bond donors (Lipinski definition) is 1. The Morgan fingerprint density at radius 1 is 1.18 bits per heavy atom. The lowest BCUT2D eigenvalue weighted by Crippen LogP contribution is -2.34. The van der Waals surface area contributed by atoms with E-state index in [9.17, 15) is 0 Å². The lowest BCUT2D eigenvalue weighted by Gasteiger charge is -2.33. The van der Waals surface area contributed by atoms with Crippen molar-refractivity contribution >= 4 is 0 Å². The lowest BCUT2D eigenvalue weighted by molar-refractivity contribution is 0.422. The van der Waals surface area contributed by atoms with Gasteiger partial charge in [-0.25, -0.2) is 0 Å². The first kappa shape index (κ1) is 6.24. The van der Waals surface area contributed by atoms with E-state index >= 15 is 0 Å². The summed E-state index contributed by atoms with van der Waals surface area (Å²) < 4.78 is 0. The summed E-state index contributed by atoms with van der Waals surface area (Å²) in [7, 11) is 2.06. The van der Waals surface area contributed by atoms with Gasteiger partial charge in [0.15, 0.2) is 0 Å². The van der Waals surface area contributed by atoms with Crippen molar-refractivity contribution < 1.29 is 0 Å². The molecule has 60 valence electrons. The van der Waals surface area contributed by atoms with Crippen molar-refractivity contribution in [1.82, 2.24) is 5.32 Å². The molecule has 1 heteroatoms. The Kier molecular flexibility index (Phi) is 0.885. The molecule has 1 nitrogen and oxygen atoms in total. The van der Waals surface area contributed by atoms with E-state index in [1.165, 1.54) is 0 Å². The minimum Gasteiger partial charge on any atom is -0.317 e. The largest absolute Gasteiger partial charge is 0.317 e. The molecule has 1 N–H and O–H groups in total. The summed E-state index contributed by atoms with van der Waals surface area (Å²) in [4.78, 5) is 0. The Labute approximate surface area is 67.9 Å². The van der Waals surface area contributed by atoms with E-state index < -0.39 is 0 Å². The Morgan fingerprint density at radius 2 is 1.73 bits per heavy atom. The van der Waals surface area contributed by atoms with Gasteiger partial charge in [0.05, 0.1) is 0 Å². The van der Waals surface area contributed by atoms with Crippen molar-refractivity contribution in [3.8, 4) is 0 Å². The van der Waals surface area contributed by atoms with Crippen molar-refractivity contribution in [2.24, 2.45) is 23.7 Å². The highest BCUT2D eigenvalue weighted by molar-refractivity contribution is 5.66. The number of nitrogens with one attached hydrogen (secondary N) is 1. The van der Waals surface area contributed by atoms with Crippen LogP contribution in [-0.2, 0) is 0 Å². The second-order valence-electron chi connectivity index (χ2n) is 4.35. The van der Waals surface area contributed by atoms with Crippen molar-refractivity contribution in [2.45, 2.75) is 19.9 Å². The van der Waals surface area contributed by atoms with E-state index in [1.54, 1.807) is 0 Å². The van der Waals surface area contributed by atoms with Gasteiger partial charge in [-0.05, 0) is 37.6 Å². The first-order chi connectivity index (χ1) is 5.27. The maximum Gasteiger partial charge on any atom is 0.00987 e. The molecule has 0 aromatic rings. The monoisotopic (exact) mass is 149 g/mol. The first-order valence-electron chi connectivity index (χ1n) is 4.68. The second-order valence-corrected chi connectivity index (χ2v) is 4.35. The van der Waals surface area contributed by atoms with Crippen LogP contribution in [0.2, 0.25) is 0 Å². The number of hydrogen-bond acceptors (Lipinski definition) is 1. The fourth-order valence-corrected chi connectivity index (χ4v) is 2.74. The van der Waals surface area contributed by atoms with Gasteiger partial charge in [0.2, 0.25) is 0 Å². The van der Waals surface area contributed by atoms with E-state index in [2.05, 4.69) is 26.2 Å². The molecule has 0 saturated heterocycles. The van der Waals surface area contributed by atoms with Gasteiger partial charge < -0.3 is 5.32 Å². The molecule has 0 aromatic heterocycles. The van der Waals surface area contributed by atoms with E-state index in [1.807, 2.05) is 11.1 Å². The second kappa shape index (κ2) is 1.56. The Hall–Kier alpha value is -0.300. The molecular weight excluding hydrogens is 134 g/mol. The molecule has 0 aliphatic heterocycles. The van der Waals surface area contributed by atoms with Crippen LogP contribution in [0, 0.1) is 23.7 Å². The summed E-state index contributed by atoms with van der Waals surface area (Å²) in [5.74, 6) is 4.12. The molecule has 2 bridgehead atoms. The van der Waals surface area contributed by atoms with E-state index in [0.717, 1.165) is 23.7 Å². The average Bonchev–Trinajstić information content (AvgIpc) is 2.71. The summed E-state index contributed by atoms with van der Waals surface area (Å²) in [6.07, 6.45) is 0. The van der Waals surface area contributed by atoms with Crippen LogP contribution in [0.4, 0.5) is 0 Å². The van der Waals surface area contributed by atoms with Gasteiger partial charge in [-0.3, -0.25) is 0 Å². The van der Waals surface area contributed by atoms with Gasteiger partial charge in [-0.15, -0.1) is 0 Å². The smallest absolute Gasteiger partial charge is 0.00987 e. The maximum absolute atomic E-state index is 3.33. The van der Waals surface area contributed by atoms with Crippen LogP contribution in [0.5, 0.6) is 0 Å². The third kappa shape index (κ3) is 0.506. The van der Waals surface area contributed by atoms with Crippen LogP contribution in [0.25, 0.3) is 0 Å². The summed E-state index contributed by atoms with van der Waals surface area (Å²) in [5, 5.41) is 3.33. The van der Waals surface area contributed by atoms with Crippen molar-refractivity contribution in [1.29, 1.82) is 0 Å². The highest BCUT2D eigenvalue weighted by Gasteiger charge is 2.81. The van der Waals surface area contributed by atoms with Crippen LogP contribution in [0.1, 0.15) is 13.8 Å². The first-order valence-corrected chi connectivity index (χ1v) is 4.68. The minimum atomic E-state index is 0.669. The summed E-state index contributed by atoms with van der Waals surface area (Å²) >= 11 is 0.